The van der Waals surface area contributed by atoms with E-state index >= 15 is 0 Å². The van der Waals surface area contributed by atoms with Crippen LogP contribution in [0.2, 0.25) is 0 Å². The van der Waals surface area contributed by atoms with Crippen LogP contribution in [-0.4, -0.2) is 37.5 Å². The molecule has 8 nitrogen and oxygen atoms in total. The molecule has 0 fully saturated rings. The Morgan fingerprint density at radius 1 is 1.03 bits per heavy atom. The van der Waals surface area contributed by atoms with Crippen LogP contribution in [0, 0.1) is 6.92 Å². The van der Waals surface area contributed by atoms with Gasteiger partial charge in [-0.25, -0.2) is 15.0 Å². The minimum absolute atomic E-state index is 0.108. The first-order valence-corrected chi connectivity index (χ1v) is 12.7. The molecule has 8 heteroatoms. The van der Waals surface area contributed by atoms with E-state index in [1.165, 1.54) is 18.4 Å². The number of ether oxygens (including phenoxy) is 1. The lowest BCUT2D eigenvalue weighted by atomic mass is 9.97. The van der Waals surface area contributed by atoms with Crippen LogP contribution in [0.3, 0.4) is 0 Å². The van der Waals surface area contributed by atoms with Crippen molar-refractivity contribution in [3.8, 4) is 5.75 Å². The van der Waals surface area contributed by atoms with E-state index in [2.05, 4.69) is 6.08 Å². The highest BCUT2D eigenvalue weighted by molar-refractivity contribution is 6.05. The van der Waals surface area contributed by atoms with Crippen LogP contribution in [0.1, 0.15) is 43.5 Å². The minimum atomic E-state index is -0.108. The molecule has 186 valence electrons. The first kappa shape index (κ1) is 23.1. The lowest BCUT2D eigenvalue weighted by molar-refractivity contribution is 0.415. The van der Waals surface area contributed by atoms with Crippen molar-refractivity contribution in [3.63, 3.8) is 0 Å². The number of aryl methyl sites for hydroxylation is 1. The molecule has 1 aliphatic rings. The summed E-state index contributed by atoms with van der Waals surface area (Å²) in [4.78, 5) is 28.5. The predicted octanol–water partition coefficient (Wildman–Crippen LogP) is 5.38. The molecule has 0 aliphatic heterocycles. The Balaban J connectivity index is 1.54. The van der Waals surface area contributed by atoms with Gasteiger partial charge in [-0.3, -0.25) is 9.36 Å². The van der Waals surface area contributed by atoms with Crippen molar-refractivity contribution >= 4 is 39.4 Å². The third kappa shape index (κ3) is 4.28. The van der Waals surface area contributed by atoms with E-state index in [-0.39, 0.29) is 5.56 Å². The summed E-state index contributed by atoms with van der Waals surface area (Å²) in [6.45, 7) is 2.47. The Hall–Kier alpha value is -4.33. The van der Waals surface area contributed by atoms with E-state index < -0.39 is 0 Å². The fourth-order valence-electron chi connectivity index (χ4n) is 5.02. The first-order chi connectivity index (χ1) is 18.1. The van der Waals surface area contributed by atoms with Crippen molar-refractivity contribution in [1.29, 1.82) is 0 Å². The van der Waals surface area contributed by atoms with Crippen LogP contribution in [0.25, 0.3) is 33.2 Å². The second-order valence-corrected chi connectivity index (χ2v) is 9.39. The van der Waals surface area contributed by atoms with Gasteiger partial charge in [0.25, 0.3) is 5.56 Å². The fourth-order valence-corrected chi connectivity index (χ4v) is 5.02. The third-order valence-electron chi connectivity index (χ3n) is 6.99. The summed E-state index contributed by atoms with van der Waals surface area (Å²) in [5.41, 5.74) is 5.11. The van der Waals surface area contributed by atoms with Gasteiger partial charge in [0.1, 0.15) is 22.5 Å². The van der Waals surface area contributed by atoms with Gasteiger partial charge in [-0.1, -0.05) is 35.9 Å². The smallest absolute Gasteiger partial charge is 0.265 e. The van der Waals surface area contributed by atoms with Gasteiger partial charge >= 0.3 is 0 Å². The number of nitrogens with zero attached hydrogens (tertiary/aromatic N) is 6. The Labute approximate surface area is 214 Å². The molecule has 1 aliphatic carbocycles. The SMILES string of the molecule is COc1cccc(C=Nn2c3nc4ccccc4nc3c3c(=O)n(CCC4=CCCCC4)c(C)nc32)c1. The molecule has 0 saturated carbocycles. The number of methoxy groups -OCH3 is 1. The van der Waals surface area contributed by atoms with Crippen molar-refractivity contribution < 1.29 is 4.74 Å². The molecule has 5 aromatic rings. The van der Waals surface area contributed by atoms with Crippen molar-refractivity contribution in [3.05, 3.63) is 81.9 Å². The number of para-hydroxylation sites is 2. The maximum atomic E-state index is 13.9. The van der Waals surface area contributed by atoms with Crippen LogP contribution in [-0.2, 0) is 6.54 Å². The zero-order chi connectivity index (χ0) is 25.4. The lowest BCUT2D eigenvalue weighted by Gasteiger charge is -2.14. The summed E-state index contributed by atoms with van der Waals surface area (Å²) >= 11 is 0. The number of allylic oxidation sites excluding steroid dienone is 2. The molecule has 0 unspecified atom stereocenters. The fraction of sp³-hybridized carbons (Fsp3) is 0.276. The van der Waals surface area contributed by atoms with E-state index in [9.17, 15) is 4.79 Å². The van der Waals surface area contributed by atoms with E-state index in [1.807, 2.05) is 55.5 Å². The lowest BCUT2D eigenvalue weighted by Crippen LogP contribution is -2.24. The highest BCUT2D eigenvalue weighted by Gasteiger charge is 2.21. The molecular formula is C29H28N6O2. The highest BCUT2D eigenvalue weighted by Crippen LogP contribution is 2.26. The Morgan fingerprint density at radius 3 is 2.65 bits per heavy atom. The topological polar surface area (TPSA) is 87.2 Å². The molecule has 0 saturated heterocycles. The summed E-state index contributed by atoms with van der Waals surface area (Å²) in [5.74, 6) is 1.39. The molecule has 6 rings (SSSR count). The van der Waals surface area contributed by atoms with Gasteiger partial charge in [-0.05, 0) is 68.9 Å². The summed E-state index contributed by atoms with van der Waals surface area (Å²) in [5, 5.41) is 5.16. The van der Waals surface area contributed by atoms with Crippen LogP contribution >= 0.6 is 0 Å². The molecule has 0 bridgehead atoms. The number of benzene rings is 2. The van der Waals surface area contributed by atoms with Crippen LogP contribution in [0.15, 0.2) is 70.1 Å². The van der Waals surface area contributed by atoms with Gasteiger partial charge in [0, 0.05) is 6.54 Å². The number of hydrogen-bond donors (Lipinski definition) is 0. The van der Waals surface area contributed by atoms with Gasteiger partial charge in [0.05, 0.1) is 24.4 Å². The predicted molar refractivity (Wildman–Crippen MR) is 146 cm³/mol. The molecule has 3 heterocycles. The summed E-state index contributed by atoms with van der Waals surface area (Å²) in [6.07, 6.45) is 9.61. The molecular weight excluding hydrogens is 464 g/mol. The van der Waals surface area contributed by atoms with E-state index in [4.69, 9.17) is 24.8 Å². The van der Waals surface area contributed by atoms with Gasteiger partial charge in [-0.15, -0.1) is 0 Å². The number of rotatable bonds is 6. The molecule has 0 atom stereocenters. The first-order valence-electron chi connectivity index (χ1n) is 12.7. The average Bonchev–Trinajstić information content (AvgIpc) is 3.23. The third-order valence-corrected chi connectivity index (χ3v) is 6.99. The van der Waals surface area contributed by atoms with Crippen molar-refractivity contribution in [2.24, 2.45) is 5.10 Å². The maximum Gasteiger partial charge on any atom is 0.265 e. The minimum Gasteiger partial charge on any atom is -0.497 e. The van der Waals surface area contributed by atoms with E-state index in [1.54, 1.807) is 22.6 Å². The normalized spacial score (nSPS) is 14.2. The van der Waals surface area contributed by atoms with Crippen molar-refractivity contribution in [2.45, 2.75) is 45.6 Å². The Kier molecular flexibility index (Phi) is 6.00. The van der Waals surface area contributed by atoms with Gasteiger partial charge in [0.2, 0.25) is 0 Å². The zero-order valence-corrected chi connectivity index (χ0v) is 21.0. The largest absolute Gasteiger partial charge is 0.497 e. The van der Waals surface area contributed by atoms with E-state index in [0.29, 0.717) is 34.6 Å². The second-order valence-electron chi connectivity index (χ2n) is 9.39. The second kappa shape index (κ2) is 9.61. The molecule has 0 N–H and O–H groups in total. The van der Waals surface area contributed by atoms with Crippen molar-refractivity contribution in [2.75, 3.05) is 7.11 Å². The molecule has 0 spiro atoms. The quantitative estimate of drug-likeness (QED) is 0.234. The summed E-state index contributed by atoms with van der Waals surface area (Å²) in [6, 6.07) is 15.3. The highest BCUT2D eigenvalue weighted by atomic mass is 16.5. The van der Waals surface area contributed by atoms with Crippen molar-refractivity contribution in [1.82, 2.24) is 24.2 Å². The molecule has 0 amide bonds. The molecule has 37 heavy (non-hydrogen) atoms. The Bertz CT molecular complexity index is 1760. The number of fused-ring (bicyclic) bond motifs is 4. The van der Waals surface area contributed by atoms with Crippen LogP contribution in [0.4, 0.5) is 0 Å². The molecule has 2 aromatic carbocycles. The number of aromatic nitrogens is 5. The van der Waals surface area contributed by atoms with Gasteiger partial charge < -0.3 is 4.74 Å². The van der Waals surface area contributed by atoms with E-state index in [0.717, 1.165) is 41.6 Å². The average molecular weight is 493 g/mol. The van der Waals surface area contributed by atoms with Crippen LogP contribution < -0.4 is 10.3 Å². The number of hydrogen-bond acceptors (Lipinski definition) is 6. The molecule has 3 aromatic heterocycles. The maximum absolute atomic E-state index is 13.9. The van der Waals surface area contributed by atoms with Gasteiger partial charge in [0.15, 0.2) is 11.3 Å². The summed E-state index contributed by atoms with van der Waals surface area (Å²) < 4.78 is 8.74. The summed E-state index contributed by atoms with van der Waals surface area (Å²) in [7, 11) is 1.63. The zero-order valence-electron chi connectivity index (χ0n) is 21.0. The monoisotopic (exact) mass is 492 g/mol. The van der Waals surface area contributed by atoms with Crippen LogP contribution in [0.5, 0.6) is 5.75 Å². The molecule has 0 radical (unpaired) electrons. The van der Waals surface area contributed by atoms with Gasteiger partial charge in [-0.2, -0.15) is 9.78 Å². The Morgan fingerprint density at radius 2 is 1.86 bits per heavy atom. The standard InChI is InChI=1S/C29H28N6O2/c1-19-31-27-25(29(36)34(19)16-15-20-9-4-3-5-10-20)26-28(33-24-14-7-6-13-23(24)32-26)35(27)30-18-21-11-8-12-22(17-21)37-2/h6-9,11-14,17-18H,3-5,10,15-16H2,1-2H3.